The number of ether oxygens (including phenoxy) is 2. The van der Waals surface area contributed by atoms with Crippen molar-refractivity contribution in [1.82, 2.24) is 15.0 Å². The largest absolute Gasteiger partial charge is 0.385 e. The summed E-state index contributed by atoms with van der Waals surface area (Å²) in [5, 5.41) is 8.16. The first kappa shape index (κ1) is 14.6. The maximum atomic E-state index is 5.46. The molecule has 0 aliphatic carbocycles. The molecule has 0 aromatic carbocycles. The first-order chi connectivity index (χ1) is 8.27. The van der Waals surface area contributed by atoms with Gasteiger partial charge in [-0.25, -0.2) is 4.68 Å². The predicted octanol–water partition coefficient (Wildman–Crippen LogP) is 2.18. The van der Waals surface area contributed by atoms with Gasteiger partial charge in [0, 0.05) is 26.5 Å². The number of alkyl halides is 1. The normalized spacial score (nSPS) is 12.9. The molecule has 5 nitrogen and oxygen atoms in total. The van der Waals surface area contributed by atoms with Gasteiger partial charge < -0.3 is 9.47 Å². The van der Waals surface area contributed by atoms with Crippen LogP contribution in [-0.4, -0.2) is 41.9 Å². The zero-order valence-electron chi connectivity index (χ0n) is 10.4. The lowest BCUT2D eigenvalue weighted by molar-refractivity contribution is 0.0958. The molecule has 0 bridgehead atoms. The van der Waals surface area contributed by atoms with Crippen molar-refractivity contribution in [1.29, 1.82) is 0 Å². The van der Waals surface area contributed by atoms with Crippen molar-refractivity contribution < 1.29 is 9.47 Å². The molecule has 0 amide bonds. The summed E-state index contributed by atoms with van der Waals surface area (Å²) >= 11 is 3.55. The van der Waals surface area contributed by atoms with E-state index in [0.29, 0.717) is 11.4 Å². The smallest absolute Gasteiger partial charge is 0.0963 e. The molecule has 0 fully saturated rings. The van der Waals surface area contributed by atoms with Gasteiger partial charge in [-0.1, -0.05) is 28.1 Å². The second-order valence-corrected chi connectivity index (χ2v) is 4.85. The Balaban J connectivity index is 2.16. The number of nitrogens with zero attached hydrogens (tertiary/aromatic N) is 3. The molecule has 0 N–H and O–H groups in total. The maximum Gasteiger partial charge on any atom is 0.0963 e. The summed E-state index contributed by atoms with van der Waals surface area (Å²) in [5.41, 5.74) is 0.979. The van der Waals surface area contributed by atoms with E-state index in [1.54, 1.807) is 7.11 Å². The van der Waals surface area contributed by atoms with Gasteiger partial charge in [0.1, 0.15) is 0 Å². The fourth-order valence-electron chi connectivity index (χ4n) is 1.34. The molecule has 0 aliphatic heterocycles. The summed E-state index contributed by atoms with van der Waals surface area (Å²) in [5.74, 6) is 0. The van der Waals surface area contributed by atoms with Crippen LogP contribution >= 0.6 is 15.9 Å². The average molecular weight is 306 g/mol. The monoisotopic (exact) mass is 305 g/mol. The van der Waals surface area contributed by atoms with Gasteiger partial charge in [0.15, 0.2) is 0 Å². The first-order valence-corrected chi connectivity index (χ1v) is 6.80. The summed E-state index contributed by atoms with van der Waals surface area (Å²) in [4.78, 5) is 0.291. The zero-order chi connectivity index (χ0) is 12.5. The van der Waals surface area contributed by atoms with Gasteiger partial charge in [-0.3, -0.25) is 0 Å². The number of aromatic nitrogens is 3. The van der Waals surface area contributed by atoms with Crippen molar-refractivity contribution in [2.45, 2.75) is 31.1 Å². The minimum Gasteiger partial charge on any atom is -0.385 e. The van der Waals surface area contributed by atoms with Crippen molar-refractivity contribution in [2.24, 2.45) is 0 Å². The topological polar surface area (TPSA) is 49.2 Å². The Bertz CT molecular complexity index is 307. The number of methoxy groups -OCH3 is 1. The second kappa shape index (κ2) is 8.60. The van der Waals surface area contributed by atoms with Crippen LogP contribution in [0.4, 0.5) is 0 Å². The number of rotatable bonds is 9. The minimum absolute atomic E-state index is 0.291. The Labute approximate surface area is 111 Å². The van der Waals surface area contributed by atoms with Gasteiger partial charge in [0.2, 0.25) is 0 Å². The fourth-order valence-corrected chi connectivity index (χ4v) is 1.55. The van der Waals surface area contributed by atoms with Crippen LogP contribution in [0.25, 0.3) is 0 Å². The van der Waals surface area contributed by atoms with Crippen LogP contribution in [0.5, 0.6) is 0 Å². The summed E-state index contributed by atoms with van der Waals surface area (Å²) < 4.78 is 12.2. The Morgan fingerprint density at radius 3 is 2.94 bits per heavy atom. The lowest BCUT2D eigenvalue weighted by Gasteiger charge is -2.03. The Hall–Kier alpha value is -0.460. The molecule has 1 aromatic rings. The van der Waals surface area contributed by atoms with Crippen molar-refractivity contribution in [2.75, 3.05) is 26.9 Å². The first-order valence-electron chi connectivity index (χ1n) is 5.88. The highest BCUT2D eigenvalue weighted by atomic mass is 79.9. The van der Waals surface area contributed by atoms with E-state index >= 15 is 0 Å². The fraction of sp³-hybridized carbons (Fsp3) is 0.818. The highest BCUT2D eigenvalue weighted by Crippen LogP contribution is 2.23. The molecule has 1 atom stereocenters. The van der Waals surface area contributed by atoms with Gasteiger partial charge in [0.05, 0.1) is 23.7 Å². The second-order valence-electron chi connectivity index (χ2n) is 3.74. The van der Waals surface area contributed by atoms with Crippen LogP contribution in [-0.2, 0) is 16.0 Å². The molecule has 17 heavy (non-hydrogen) atoms. The van der Waals surface area contributed by atoms with E-state index in [1.807, 2.05) is 10.9 Å². The predicted molar refractivity (Wildman–Crippen MR) is 69.3 cm³/mol. The summed E-state index contributed by atoms with van der Waals surface area (Å²) in [6, 6.07) is 0. The molecule has 1 rings (SSSR count). The van der Waals surface area contributed by atoms with E-state index < -0.39 is 0 Å². The standard InChI is InChI=1S/C11H20BrN3O2/c1-3-10(12)11-9-15(14-13-11)5-8-17-7-4-6-16-2/h9-10H,3-8H2,1-2H3. The van der Waals surface area contributed by atoms with E-state index in [2.05, 4.69) is 33.2 Å². The third-order valence-electron chi connectivity index (χ3n) is 2.34. The molecule has 0 saturated heterocycles. The van der Waals surface area contributed by atoms with Gasteiger partial charge in [-0.2, -0.15) is 0 Å². The lowest BCUT2D eigenvalue weighted by Crippen LogP contribution is -2.08. The number of hydrogen-bond donors (Lipinski definition) is 0. The average Bonchev–Trinajstić information content (AvgIpc) is 2.81. The third kappa shape index (κ3) is 5.61. The van der Waals surface area contributed by atoms with Crippen LogP contribution in [0, 0.1) is 0 Å². The van der Waals surface area contributed by atoms with Crippen LogP contribution in [0.15, 0.2) is 6.20 Å². The zero-order valence-corrected chi connectivity index (χ0v) is 12.0. The highest BCUT2D eigenvalue weighted by Gasteiger charge is 2.08. The Morgan fingerprint density at radius 2 is 2.24 bits per heavy atom. The molecule has 0 aliphatic rings. The molecule has 0 spiro atoms. The van der Waals surface area contributed by atoms with E-state index in [4.69, 9.17) is 9.47 Å². The van der Waals surface area contributed by atoms with Crippen molar-refractivity contribution >= 4 is 15.9 Å². The van der Waals surface area contributed by atoms with Gasteiger partial charge in [-0.15, -0.1) is 5.10 Å². The molecule has 0 radical (unpaired) electrons. The van der Waals surface area contributed by atoms with Crippen LogP contribution in [0.2, 0.25) is 0 Å². The van der Waals surface area contributed by atoms with Crippen molar-refractivity contribution in [3.8, 4) is 0 Å². The summed E-state index contributed by atoms with van der Waals surface area (Å²) in [6.45, 7) is 4.98. The molecular formula is C11H20BrN3O2. The van der Waals surface area contributed by atoms with Crippen LogP contribution < -0.4 is 0 Å². The number of hydrogen-bond acceptors (Lipinski definition) is 4. The van der Waals surface area contributed by atoms with E-state index in [-0.39, 0.29) is 0 Å². The highest BCUT2D eigenvalue weighted by molar-refractivity contribution is 9.09. The molecule has 1 unspecified atom stereocenters. The molecule has 1 heterocycles. The maximum absolute atomic E-state index is 5.46. The Kier molecular flexibility index (Phi) is 7.39. The van der Waals surface area contributed by atoms with Crippen LogP contribution in [0.3, 0.4) is 0 Å². The van der Waals surface area contributed by atoms with Crippen molar-refractivity contribution in [3.05, 3.63) is 11.9 Å². The SMILES string of the molecule is CCC(Br)c1cn(CCOCCCOC)nn1. The summed E-state index contributed by atoms with van der Waals surface area (Å²) in [7, 11) is 1.70. The van der Waals surface area contributed by atoms with Gasteiger partial charge >= 0.3 is 0 Å². The lowest BCUT2D eigenvalue weighted by atomic mass is 10.3. The minimum atomic E-state index is 0.291. The van der Waals surface area contributed by atoms with Crippen molar-refractivity contribution in [3.63, 3.8) is 0 Å². The molecule has 98 valence electrons. The van der Waals surface area contributed by atoms with Gasteiger partial charge in [-0.05, 0) is 12.8 Å². The number of halogens is 1. The molecular weight excluding hydrogens is 286 g/mol. The third-order valence-corrected chi connectivity index (χ3v) is 3.45. The van der Waals surface area contributed by atoms with Gasteiger partial charge in [0.25, 0.3) is 0 Å². The van der Waals surface area contributed by atoms with E-state index in [0.717, 1.165) is 38.3 Å². The van der Waals surface area contributed by atoms with E-state index in [9.17, 15) is 0 Å². The quantitative estimate of drug-likeness (QED) is 0.518. The molecule has 1 aromatic heterocycles. The Morgan fingerprint density at radius 1 is 1.41 bits per heavy atom. The summed E-state index contributed by atoms with van der Waals surface area (Å²) in [6.07, 6.45) is 3.89. The molecule has 6 heteroatoms. The van der Waals surface area contributed by atoms with Crippen LogP contribution in [0.1, 0.15) is 30.3 Å². The molecule has 0 saturated carbocycles. The van der Waals surface area contributed by atoms with E-state index in [1.165, 1.54) is 0 Å².